The molecule has 24 heavy (non-hydrogen) atoms. The third-order valence-corrected chi connectivity index (χ3v) is 4.10. The number of nitrogens with one attached hydrogen (secondary N) is 1. The normalized spacial score (nSPS) is 10.5. The third-order valence-electron chi connectivity index (χ3n) is 3.57. The highest BCUT2D eigenvalue weighted by molar-refractivity contribution is 9.10. The quantitative estimate of drug-likeness (QED) is 0.648. The van der Waals surface area contributed by atoms with E-state index < -0.39 is 0 Å². The van der Waals surface area contributed by atoms with Crippen LogP contribution >= 0.6 is 15.9 Å². The van der Waals surface area contributed by atoms with Gasteiger partial charge in [-0.1, -0.05) is 34.1 Å². The molecule has 122 valence electrons. The number of hydrogen-bond acceptors (Lipinski definition) is 3. The molecule has 3 rings (SSSR count). The number of rotatable bonds is 6. The van der Waals surface area contributed by atoms with Crippen LogP contribution in [0.2, 0.25) is 0 Å². The van der Waals surface area contributed by atoms with Gasteiger partial charge in [0.2, 0.25) is 0 Å². The molecule has 1 amide bonds. The lowest BCUT2D eigenvalue weighted by Crippen LogP contribution is -2.25. The molecule has 0 saturated carbocycles. The number of nitrogens with zero attached hydrogens (tertiary/aromatic N) is 1. The number of fused-ring (bicyclic) bond motifs is 1. The average molecular weight is 385 g/mol. The number of pyridine rings is 1. The highest BCUT2D eigenvalue weighted by Gasteiger charge is 2.05. The third kappa shape index (κ3) is 4.11. The van der Waals surface area contributed by atoms with E-state index in [1.165, 1.54) is 0 Å². The summed E-state index contributed by atoms with van der Waals surface area (Å²) in [5, 5.41) is 3.95. The van der Waals surface area contributed by atoms with Gasteiger partial charge in [0.1, 0.15) is 11.3 Å². The summed E-state index contributed by atoms with van der Waals surface area (Å²) >= 11 is 3.35. The topological polar surface area (TPSA) is 51.2 Å². The fraction of sp³-hybridized carbons (Fsp3) is 0.158. The Bertz CT molecular complexity index is 829. The van der Waals surface area contributed by atoms with Gasteiger partial charge in [0.15, 0.2) is 0 Å². The van der Waals surface area contributed by atoms with Crippen molar-refractivity contribution in [3.05, 3.63) is 70.8 Å². The Hall–Kier alpha value is -2.40. The highest BCUT2D eigenvalue weighted by atomic mass is 79.9. The van der Waals surface area contributed by atoms with E-state index in [1.54, 1.807) is 18.3 Å². The van der Waals surface area contributed by atoms with Gasteiger partial charge in [-0.05, 0) is 42.8 Å². The van der Waals surface area contributed by atoms with Crippen molar-refractivity contribution in [2.75, 3.05) is 13.2 Å². The van der Waals surface area contributed by atoms with Crippen LogP contribution in [0.1, 0.15) is 16.8 Å². The summed E-state index contributed by atoms with van der Waals surface area (Å²) < 4.78 is 6.76. The first-order valence-electron chi connectivity index (χ1n) is 7.74. The number of benzene rings is 2. The lowest BCUT2D eigenvalue weighted by Gasteiger charge is -2.09. The molecule has 0 atom stereocenters. The molecule has 4 nitrogen and oxygen atoms in total. The van der Waals surface area contributed by atoms with E-state index in [1.807, 2.05) is 42.5 Å². The number of carbonyl (C=O) groups is 1. The lowest BCUT2D eigenvalue weighted by molar-refractivity contribution is 0.0951. The average Bonchev–Trinajstić information content (AvgIpc) is 2.62. The molecule has 0 radical (unpaired) electrons. The Morgan fingerprint density at radius 1 is 1.08 bits per heavy atom. The molecule has 0 aliphatic rings. The van der Waals surface area contributed by atoms with Crippen LogP contribution in [0.25, 0.3) is 10.9 Å². The molecule has 1 heterocycles. The van der Waals surface area contributed by atoms with Gasteiger partial charge >= 0.3 is 0 Å². The monoisotopic (exact) mass is 384 g/mol. The summed E-state index contributed by atoms with van der Waals surface area (Å²) in [6.07, 6.45) is 2.49. The first-order valence-corrected chi connectivity index (χ1v) is 8.53. The number of hydrogen-bond donors (Lipinski definition) is 1. The Labute approximate surface area is 149 Å². The van der Waals surface area contributed by atoms with Gasteiger partial charge in [-0.2, -0.15) is 0 Å². The van der Waals surface area contributed by atoms with Crippen molar-refractivity contribution in [1.29, 1.82) is 0 Å². The summed E-state index contributed by atoms with van der Waals surface area (Å²) in [6.45, 7) is 1.09. The predicted molar refractivity (Wildman–Crippen MR) is 98.3 cm³/mol. The molecule has 0 saturated heterocycles. The largest absolute Gasteiger partial charge is 0.491 e. The van der Waals surface area contributed by atoms with Crippen molar-refractivity contribution in [3.63, 3.8) is 0 Å². The lowest BCUT2D eigenvalue weighted by atomic mass is 10.2. The van der Waals surface area contributed by atoms with Crippen LogP contribution in [0, 0.1) is 0 Å². The smallest absolute Gasteiger partial charge is 0.251 e. The molecule has 3 aromatic rings. The number of aromatic nitrogens is 1. The second-order valence-corrected chi connectivity index (χ2v) is 6.21. The van der Waals surface area contributed by atoms with Crippen LogP contribution in [0.4, 0.5) is 0 Å². The van der Waals surface area contributed by atoms with Crippen LogP contribution in [-0.4, -0.2) is 24.0 Å². The van der Waals surface area contributed by atoms with E-state index in [-0.39, 0.29) is 5.91 Å². The second-order valence-electron chi connectivity index (χ2n) is 5.30. The number of carbonyl (C=O) groups excluding carboxylic acids is 1. The SMILES string of the molecule is O=C(NCCCOc1cccc2cccnc12)c1ccc(Br)cc1. The van der Waals surface area contributed by atoms with E-state index in [9.17, 15) is 4.79 Å². The molecule has 0 spiro atoms. The van der Waals surface area contributed by atoms with Gasteiger partial charge in [0, 0.05) is 28.2 Å². The Balaban J connectivity index is 1.47. The maximum absolute atomic E-state index is 12.0. The maximum Gasteiger partial charge on any atom is 0.251 e. The van der Waals surface area contributed by atoms with Crippen LogP contribution in [-0.2, 0) is 0 Å². The van der Waals surface area contributed by atoms with E-state index in [0.29, 0.717) is 18.7 Å². The summed E-state index contributed by atoms with van der Waals surface area (Å²) in [7, 11) is 0. The Morgan fingerprint density at radius 3 is 2.71 bits per heavy atom. The first kappa shape index (κ1) is 16.5. The van der Waals surface area contributed by atoms with Crippen LogP contribution in [0.3, 0.4) is 0 Å². The van der Waals surface area contributed by atoms with E-state index in [4.69, 9.17) is 4.74 Å². The number of ether oxygens (including phenoxy) is 1. The minimum atomic E-state index is -0.0747. The molecule has 0 aliphatic heterocycles. The van der Waals surface area contributed by atoms with Gasteiger partial charge in [0.05, 0.1) is 6.61 Å². The zero-order chi connectivity index (χ0) is 16.8. The van der Waals surface area contributed by atoms with Crippen molar-refractivity contribution in [2.24, 2.45) is 0 Å². The zero-order valence-electron chi connectivity index (χ0n) is 13.0. The molecule has 1 N–H and O–H groups in total. The van der Waals surface area contributed by atoms with E-state index in [0.717, 1.165) is 27.5 Å². The van der Waals surface area contributed by atoms with E-state index >= 15 is 0 Å². The summed E-state index contributed by atoms with van der Waals surface area (Å²) in [4.78, 5) is 16.3. The molecular weight excluding hydrogens is 368 g/mol. The standard InChI is InChI=1S/C19H17BrN2O2/c20-16-9-7-15(8-10-16)19(23)22-12-3-13-24-17-6-1-4-14-5-2-11-21-18(14)17/h1-2,4-11H,3,12-13H2,(H,22,23). The molecule has 5 heteroatoms. The zero-order valence-corrected chi connectivity index (χ0v) is 14.6. The Kier molecular flexibility index (Phi) is 5.43. The van der Waals surface area contributed by atoms with E-state index in [2.05, 4.69) is 26.2 Å². The van der Waals surface area contributed by atoms with Gasteiger partial charge in [-0.15, -0.1) is 0 Å². The molecule has 0 fully saturated rings. The van der Waals surface area contributed by atoms with Crippen LogP contribution < -0.4 is 10.1 Å². The highest BCUT2D eigenvalue weighted by Crippen LogP contribution is 2.22. The number of amides is 1. The van der Waals surface area contributed by atoms with Crippen molar-refractivity contribution in [1.82, 2.24) is 10.3 Å². The summed E-state index contributed by atoms with van der Waals surface area (Å²) in [5.41, 5.74) is 1.51. The van der Waals surface area contributed by atoms with Crippen molar-refractivity contribution in [2.45, 2.75) is 6.42 Å². The van der Waals surface area contributed by atoms with Gasteiger partial charge in [-0.25, -0.2) is 0 Å². The van der Waals surface area contributed by atoms with Crippen molar-refractivity contribution in [3.8, 4) is 5.75 Å². The van der Waals surface area contributed by atoms with Crippen LogP contribution in [0.5, 0.6) is 5.75 Å². The number of para-hydroxylation sites is 1. The molecule has 0 aliphatic carbocycles. The van der Waals surface area contributed by atoms with Crippen molar-refractivity contribution < 1.29 is 9.53 Å². The fourth-order valence-corrected chi connectivity index (χ4v) is 2.62. The summed E-state index contributed by atoms with van der Waals surface area (Å²) in [5.74, 6) is 0.696. The fourth-order valence-electron chi connectivity index (χ4n) is 2.35. The Morgan fingerprint density at radius 2 is 1.88 bits per heavy atom. The molecule has 1 aromatic heterocycles. The van der Waals surface area contributed by atoms with Crippen LogP contribution in [0.15, 0.2) is 65.3 Å². The van der Waals surface area contributed by atoms with Gasteiger partial charge in [0.25, 0.3) is 5.91 Å². The minimum absolute atomic E-state index is 0.0747. The van der Waals surface area contributed by atoms with Gasteiger partial charge < -0.3 is 10.1 Å². The predicted octanol–water partition coefficient (Wildman–Crippen LogP) is 4.20. The number of halogens is 1. The minimum Gasteiger partial charge on any atom is -0.491 e. The maximum atomic E-state index is 12.0. The second kappa shape index (κ2) is 7.93. The molecular formula is C19H17BrN2O2. The van der Waals surface area contributed by atoms with Gasteiger partial charge in [-0.3, -0.25) is 9.78 Å². The first-order chi connectivity index (χ1) is 11.7. The molecule has 0 unspecified atom stereocenters. The van der Waals surface area contributed by atoms with Crippen molar-refractivity contribution >= 4 is 32.7 Å². The molecule has 0 bridgehead atoms. The summed E-state index contributed by atoms with van der Waals surface area (Å²) in [6, 6.07) is 17.1. The molecule has 2 aromatic carbocycles.